The van der Waals surface area contributed by atoms with Crippen molar-refractivity contribution in [3.63, 3.8) is 0 Å². The van der Waals surface area contributed by atoms with Crippen molar-refractivity contribution in [2.24, 2.45) is 0 Å². The molecule has 1 aliphatic heterocycles. The minimum atomic E-state index is -1.04. The molecule has 1 saturated heterocycles. The van der Waals surface area contributed by atoms with Crippen LogP contribution in [-0.2, 0) is 4.79 Å². The molecule has 1 aliphatic rings. The van der Waals surface area contributed by atoms with E-state index in [2.05, 4.69) is 9.97 Å². The Morgan fingerprint density at radius 2 is 1.83 bits per heavy atom. The van der Waals surface area contributed by atoms with Crippen molar-refractivity contribution in [2.75, 3.05) is 0 Å². The van der Waals surface area contributed by atoms with Crippen molar-refractivity contribution in [1.29, 1.82) is 0 Å². The summed E-state index contributed by atoms with van der Waals surface area (Å²) in [6.45, 7) is 0. The van der Waals surface area contributed by atoms with Crippen molar-refractivity contribution in [1.82, 2.24) is 14.9 Å². The lowest BCUT2D eigenvalue weighted by atomic mass is 10.0. The molecule has 30 heavy (non-hydrogen) atoms. The largest absolute Gasteiger partial charge is 0.480 e. The van der Waals surface area contributed by atoms with Crippen LogP contribution in [0.3, 0.4) is 0 Å². The summed E-state index contributed by atoms with van der Waals surface area (Å²) in [5.41, 5.74) is 2.34. The summed E-state index contributed by atoms with van der Waals surface area (Å²) in [7, 11) is 0. The Morgan fingerprint density at radius 1 is 1.03 bits per heavy atom. The first-order chi connectivity index (χ1) is 14.5. The second-order valence-corrected chi connectivity index (χ2v) is 7.78. The van der Waals surface area contributed by atoms with Gasteiger partial charge in [0, 0.05) is 22.3 Å². The average molecular weight is 442 g/mol. The monoisotopic (exact) mass is 441 g/mol. The van der Waals surface area contributed by atoms with Gasteiger partial charge in [-0.15, -0.1) is 0 Å². The number of carbonyl (C=O) groups excluding carboxylic acids is 1. The maximum absolute atomic E-state index is 13.4. The average Bonchev–Trinajstić information content (AvgIpc) is 3.19. The molecule has 2 aromatic carbocycles. The number of carbonyl (C=O) groups is 2. The molecule has 1 aromatic heterocycles. The third-order valence-electron chi connectivity index (χ3n) is 5.24. The molecule has 2 atom stereocenters. The fraction of sp³-hybridized carbons (Fsp3) is 0.182. The van der Waals surface area contributed by atoms with E-state index in [0.29, 0.717) is 39.7 Å². The van der Waals surface area contributed by atoms with Crippen LogP contribution < -0.4 is 0 Å². The first-order valence-electron chi connectivity index (χ1n) is 9.33. The lowest BCUT2D eigenvalue weighted by Gasteiger charge is -2.29. The third kappa shape index (κ3) is 3.76. The van der Waals surface area contributed by atoms with Crippen LogP contribution in [0.15, 0.2) is 61.1 Å². The van der Waals surface area contributed by atoms with E-state index in [-0.39, 0.29) is 0 Å². The lowest BCUT2D eigenvalue weighted by Crippen LogP contribution is -2.41. The van der Waals surface area contributed by atoms with Gasteiger partial charge in [-0.2, -0.15) is 0 Å². The zero-order valence-electron chi connectivity index (χ0n) is 15.7. The minimum Gasteiger partial charge on any atom is -0.480 e. The Bertz CT molecular complexity index is 1110. The molecule has 2 heterocycles. The van der Waals surface area contributed by atoms with Gasteiger partial charge in [-0.1, -0.05) is 47.5 Å². The van der Waals surface area contributed by atoms with Gasteiger partial charge in [-0.3, -0.25) is 4.79 Å². The summed E-state index contributed by atoms with van der Waals surface area (Å²) in [4.78, 5) is 34.7. The van der Waals surface area contributed by atoms with Crippen molar-refractivity contribution in [3.8, 4) is 11.3 Å². The predicted molar refractivity (Wildman–Crippen MR) is 113 cm³/mol. The van der Waals surface area contributed by atoms with Crippen LogP contribution in [0.4, 0.5) is 0 Å². The molecule has 1 amide bonds. The summed E-state index contributed by atoms with van der Waals surface area (Å²) in [5, 5.41) is 10.5. The Morgan fingerprint density at radius 3 is 2.50 bits per heavy atom. The Balaban J connectivity index is 1.71. The van der Waals surface area contributed by atoms with Crippen LogP contribution in [0.5, 0.6) is 0 Å². The lowest BCUT2D eigenvalue weighted by molar-refractivity contribution is -0.141. The molecule has 6 nitrogen and oxygen atoms in total. The summed E-state index contributed by atoms with van der Waals surface area (Å²) >= 11 is 12.8. The van der Waals surface area contributed by atoms with Gasteiger partial charge in [-0.05, 0) is 42.7 Å². The number of hydrogen-bond acceptors (Lipinski definition) is 4. The smallest absolute Gasteiger partial charge is 0.326 e. The topological polar surface area (TPSA) is 83.4 Å². The molecular weight excluding hydrogens is 425 g/mol. The van der Waals surface area contributed by atoms with Crippen molar-refractivity contribution in [2.45, 2.75) is 24.9 Å². The number of aliphatic carboxylic acids is 1. The minimum absolute atomic E-state index is 0.308. The summed E-state index contributed by atoms with van der Waals surface area (Å²) in [5.74, 6) is -1.44. The Hall–Kier alpha value is -2.96. The Labute approximate surface area is 183 Å². The normalized spacial score (nSPS) is 18.4. The zero-order valence-corrected chi connectivity index (χ0v) is 17.2. The molecule has 8 heteroatoms. The summed E-state index contributed by atoms with van der Waals surface area (Å²) < 4.78 is 0. The van der Waals surface area contributed by atoms with Gasteiger partial charge in [0.2, 0.25) is 0 Å². The number of carboxylic acid groups (broad SMARTS) is 1. The number of rotatable bonds is 4. The highest BCUT2D eigenvalue weighted by Crippen LogP contribution is 2.40. The van der Waals surface area contributed by atoms with E-state index >= 15 is 0 Å². The summed E-state index contributed by atoms with van der Waals surface area (Å²) in [6, 6.07) is 12.4. The molecule has 1 fully saturated rings. The second-order valence-electron chi connectivity index (χ2n) is 6.97. The fourth-order valence-electron chi connectivity index (χ4n) is 3.84. The highest BCUT2D eigenvalue weighted by atomic mass is 35.5. The van der Waals surface area contributed by atoms with Crippen LogP contribution in [0.2, 0.25) is 10.0 Å². The van der Waals surface area contributed by atoms with E-state index in [1.807, 2.05) is 12.1 Å². The van der Waals surface area contributed by atoms with E-state index in [9.17, 15) is 14.7 Å². The highest BCUT2D eigenvalue weighted by Gasteiger charge is 2.42. The zero-order chi connectivity index (χ0) is 21.3. The van der Waals surface area contributed by atoms with E-state index in [4.69, 9.17) is 23.2 Å². The Kier molecular flexibility index (Phi) is 5.70. The van der Waals surface area contributed by atoms with Crippen LogP contribution >= 0.6 is 23.2 Å². The SMILES string of the molecule is O=C(O)[C@@H]1CC[C@H](c2ccccc2Cl)N1C(=O)c1ccc(-c2ccncn2)c(Cl)c1. The molecule has 1 N–H and O–H groups in total. The molecule has 0 saturated carbocycles. The highest BCUT2D eigenvalue weighted by molar-refractivity contribution is 6.33. The van der Waals surface area contributed by atoms with E-state index < -0.39 is 24.0 Å². The van der Waals surface area contributed by atoms with Crippen molar-refractivity contribution >= 4 is 35.1 Å². The molecule has 0 spiro atoms. The quantitative estimate of drug-likeness (QED) is 0.623. The maximum atomic E-state index is 13.4. The fourth-order valence-corrected chi connectivity index (χ4v) is 4.38. The molecule has 0 bridgehead atoms. The predicted octanol–water partition coefficient (Wildman–Crippen LogP) is 4.88. The second kappa shape index (κ2) is 8.42. The molecule has 4 rings (SSSR count). The maximum Gasteiger partial charge on any atom is 0.326 e. The first kappa shape index (κ1) is 20.3. The third-order valence-corrected chi connectivity index (χ3v) is 5.90. The molecular formula is C22H17Cl2N3O3. The summed E-state index contributed by atoms with van der Waals surface area (Å²) in [6.07, 6.45) is 3.89. The molecule has 0 radical (unpaired) electrons. The van der Waals surface area contributed by atoms with Gasteiger partial charge in [0.25, 0.3) is 5.91 Å². The number of amides is 1. The van der Waals surface area contributed by atoms with Gasteiger partial charge in [0.15, 0.2) is 0 Å². The van der Waals surface area contributed by atoms with Gasteiger partial charge in [0.1, 0.15) is 12.4 Å². The van der Waals surface area contributed by atoms with Crippen LogP contribution in [0.25, 0.3) is 11.3 Å². The van der Waals surface area contributed by atoms with Gasteiger partial charge in [-0.25, -0.2) is 14.8 Å². The molecule has 3 aromatic rings. The number of halogens is 2. The van der Waals surface area contributed by atoms with E-state index in [1.54, 1.807) is 42.6 Å². The standard InChI is InChI=1S/C22H17Cl2N3O3/c23-16-4-2-1-3-15(16)19-7-8-20(22(29)30)27(19)21(28)13-5-6-14(17(24)11-13)18-9-10-25-12-26-18/h1-6,9-12,19-20H,7-8H2,(H,29,30)/t19-,20+/m1/s1. The first-order valence-corrected chi connectivity index (χ1v) is 10.1. The number of benzene rings is 2. The molecule has 0 unspecified atom stereocenters. The number of nitrogens with zero attached hydrogens (tertiary/aromatic N) is 3. The molecule has 152 valence electrons. The van der Waals surface area contributed by atoms with Crippen LogP contribution in [0, 0.1) is 0 Å². The van der Waals surface area contributed by atoms with Gasteiger partial charge < -0.3 is 10.0 Å². The number of likely N-dealkylation sites (tertiary alicyclic amines) is 1. The molecule has 0 aliphatic carbocycles. The van der Waals surface area contributed by atoms with Gasteiger partial charge in [0.05, 0.1) is 16.8 Å². The van der Waals surface area contributed by atoms with Crippen LogP contribution in [0.1, 0.15) is 34.8 Å². The van der Waals surface area contributed by atoms with Crippen molar-refractivity contribution < 1.29 is 14.7 Å². The number of aromatic nitrogens is 2. The van der Waals surface area contributed by atoms with Crippen molar-refractivity contribution in [3.05, 3.63) is 82.2 Å². The van der Waals surface area contributed by atoms with Crippen LogP contribution in [-0.4, -0.2) is 37.9 Å². The van der Waals surface area contributed by atoms with Gasteiger partial charge >= 0.3 is 5.97 Å². The number of hydrogen-bond donors (Lipinski definition) is 1. The number of carboxylic acids is 1. The van der Waals surface area contributed by atoms with E-state index in [1.165, 1.54) is 11.2 Å². The van der Waals surface area contributed by atoms with E-state index in [0.717, 1.165) is 5.56 Å².